The molecule has 1 unspecified atom stereocenters. The van der Waals surface area contributed by atoms with Crippen molar-refractivity contribution in [1.82, 2.24) is 0 Å². The highest BCUT2D eigenvalue weighted by atomic mass is 16.8. The summed E-state index contributed by atoms with van der Waals surface area (Å²) in [6.45, 7) is 16.3. The van der Waals surface area contributed by atoms with E-state index in [1.807, 2.05) is 0 Å². The van der Waals surface area contributed by atoms with Crippen molar-refractivity contribution in [2.45, 2.75) is 36.9 Å². The second-order valence-corrected chi connectivity index (χ2v) is 5.94. The smallest absolute Gasteiger partial charge is 0.372 e. The summed E-state index contributed by atoms with van der Waals surface area (Å²) in [6, 6.07) is 0. The average molecular weight is 434 g/mol. The minimum atomic E-state index is -2.77. The summed E-state index contributed by atoms with van der Waals surface area (Å²) in [5.74, 6) is -10.9. The standard InChI is InChI=1S/C21H22O10/c1-6-15(22)27-14-12-11-13-20(28-16(23)7-2,29-17(24)8-3)21(14,30-18(25)9-4)31-19(26)10-5/h6-10,14H,1-5,11-13H2. The molecule has 0 radical (unpaired) electrons. The Morgan fingerprint density at radius 2 is 1.03 bits per heavy atom. The first-order valence-electron chi connectivity index (χ1n) is 8.88. The normalized spacial score (nSPS) is 18.1. The van der Waals surface area contributed by atoms with Crippen LogP contribution in [0.15, 0.2) is 63.3 Å². The van der Waals surface area contributed by atoms with Crippen molar-refractivity contribution in [3.05, 3.63) is 63.3 Å². The third kappa shape index (κ3) is 5.56. The van der Waals surface area contributed by atoms with Crippen LogP contribution in [0.2, 0.25) is 0 Å². The maximum absolute atomic E-state index is 12.2. The topological polar surface area (TPSA) is 132 Å². The molecule has 1 fully saturated rings. The first-order valence-corrected chi connectivity index (χ1v) is 8.88. The average Bonchev–Trinajstić information content (AvgIpc) is 2.76. The number of carbonyl (C=O) groups is 5. The molecule has 0 saturated heterocycles. The summed E-state index contributed by atoms with van der Waals surface area (Å²) in [7, 11) is 0. The van der Waals surface area contributed by atoms with Gasteiger partial charge < -0.3 is 23.7 Å². The zero-order valence-electron chi connectivity index (χ0n) is 16.7. The maximum atomic E-state index is 12.2. The molecule has 1 aliphatic carbocycles. The molecular weight excluding hydrogens is 412 g/mol. The van der Waals surface area contributed by atoms with Gasteiger partial charge in [0.1, 0.15) is 0 Å². The third-order valence-corrected chi connectivity index (χ3v) is 4.05. The highest BCUT2D eigenvalue weighted by Crippen LogP contribution is 2.47. The lowest BCUT2D eigenvalue weighted by Gasteiger charge is -2.50. The SMILES string of the molecule is C=CC(=O)OC1CCCC(OC(=O)C=C)(OC(=O)C=C)C1(OC(=O)C=C)OC(=O)C=C. The Labute approximate surface area is 178 Å². The number of hydrogen-bond donors (Lipinski definition) is 0. The number of ether oxygens (including phenoxy) is 5. The molecule has 1 aliphatic rings. The minimum absolute atomic E-state index is 0.0482. The first-order chi connectivity index (χ1) is 14.6. The Hall–Kier alpha value is -3.95. The highest BCUT2D eigenvalue weighted by Gasteiger charge is 2.71. The minimum Gasteiger partial charge on any atom is -0.451 e. The number of esters is 5. The first kappa shape index (κ1) is 25.1. The van der Waals surface area contributed by atoms with Crippen molar-refractivity contribution >= 4 is 29.8 Å². The van der Waals surface area contributed by atoms with E-state index in [1.54, 1.807) is 0 Å². The molecule has 0 aromatic heterocycles. The van der Waals surface area contributed by atoms with Crippen molar-refractivity contribution in [3.63, 3.8) is 0 Å². The van der Waals surface area contributed by atoms with Gasteiger partial charge >= 0.3 is 41.4 Å². The Kier molecular flexibility index (Phi) is 8.67. The molecule has 1 atom stereocenters. The Morgan fingerprint density at radius 3 is 1.42 bits per heavy atom. The lowest BCUT2D eigenvalue weighted by Crippen LogP contribution is -2.71. The fourth-order valence-corrected chi connectivity index (χ4v) is 2.82. The lowest BCUT2D eigenvalue weighted by atomic mass is 9.84. The molecule has 10 heteroatoms. The van der Waals surface area contributed by atoms with Crippen molar-refractivity contribution in [2.24, 2.45) is 0 Å². The van der Waals surface area contributed by atoms with E-state index in [0.29, 0.717) is 12.2 Å². The quantitative estimate of drug-likeness (QED) is 0.216. The van der Waals surface area contributed by atoms with Crippen LogP contribution >= 0.6 is 0 Å². The van der Waals surface area contributed by atoms with E-state index < -0.39 is 47.5 Å². The van der Waals surface area contributed by atoms with Crippen LogP contribution in [0.1, 0.15) is 19.3 Å². The van der Waals surface area contributed by atoms with Gasteiger partial charge in [0, 0.05) is 36.8 Å². The van der Waals surface area contributed by atoms with E-state index in [0.717, 1.165) is 18.2 Å². The largest absolute Gasteiger partial charge is 0.451 e. The molecule has 0 spiro atoms. The van der Waals surface area contributed by atoms with E-state index in [-0.39, 0.29) is 19.3 Å². The van der Waals surface area contributed by atoms with Gasteiger partial charge in [0.15, 0.2) is 6.10 Å². The Bertz CT molecular complexity index is 778. The van der Waals surface area contributed by atoms with Gasteiger partial charge in [-0.25, -0.2) is 24.0 Å². The van der Waals surface area contributed by atoms with Gasteiger partial charge in [0.05, 0.1) is 0 Å². The van der Waals surface area contributed by atoms with E-state index in [2.05, 4.69) is 32.9 Å². The molecule has 0 heterocycles. The van der Waals surface area contributed by atoms with Crippen LogP contribution in [0.5, 0.6) is 0 Å². The van der Waals surface area contributed by atoms with Crippen LogP contribution in [0.25, 0.3) is 0 Å². The van der Waals surface area contributed by atoms with E-state index in [1.165, 1.54) is 0 Å². The Morgan fingerprint density at radius 1 is 0.645 bits per heavy atom. The molecule has 10 nitrogen and oxygen atoms in total. The van der Waals surface area contributed by atoms with Gasteiger partial charge in [-0.3, -0.25) is 0 Å². The molecule has 0 amide bonds. The summed E-state index contributed by atoms with van der Waals surface area (Å²) in [5, 5.41) is 0. The fourth-order valence-electron chi connectivity index (χ4n) is 2.82. The molecular formula is C21H22O10. The van der Waals surface area contributed by atoms with E-state index in [9.17, 15) is 24.0 Å². The van der Waals surface area contributed by atoms with Crippen LogP contribution < -0.4 is 0 Å². The molecule has 0 aliphatic heterocycles. The molecule has 31 heavy (non-hydrogen) atoms. The molecule has 166 valence electrons. The van der Waals surface area contributed by atoms with Crippen molar-refractivity contribution in [3.8, 4) is 0 Å². The zero-order valence-corrected chi connectivity index (χ0v) is 16.7. The van der Waals surface area contributed by atoms with Gasteiger partial charge in [-0.1, -0.05) is 32.9 Å². The zero-order chi connectivity index (χ0) is 23.7. The van der Waals surface area contributed by atoms with Gasteiger partial charge in [-0.15, -0.1) is 0 Å². The summed E-state index contributed by atoms with van der Waals surface area (Å²) < 4.78 is 26.3. The third-order valence-electron chi connectivity index (χ3n) is 4.05. The molecule has 1 saturated carbocycles. The van der Waals surface area contributed by atoms with Crippen molar-refractivity contribution < 1.29 is 47.7 Å². The summed E-state index contributed by atoms with van der Waals surface area (Å²) in [4.78, 5) is 60.6. The summed E-state index contributed by atoms with van der Waals surface area (Å²) in [5.41, 5.74) is 0. The number of hydrogen-bond acceptors (Lipinski definition) is 10. The number of carbonyl (C=O) groups excluding carboxylic acids is 5. The fraction of sp³-hybridized carbons (Fsp3) is 0.286. The van der Waals surface area contributed by atoms with Gasteiger partial charge in [-0.2, -0.15) is 0 Å². The van der Waals surface area contributed by atoms with E-state index >= 15 is 0 Å². The summed E-state index contributed by atoms with van der Waals surface area (Å²) in [6.07, 6.45) is 1.85. The van der Waals surface area contributed by atoms with Crippen LogP contribution in [-0.4, -0.2) is 47.5 Å². The van der Waals surface area contributed by atoms with Crippen LogP contribution in [0.3, 0.4) is 0 Å². The van der Waals surface area contributed by atoms with Gasteiger partial charge in [0.25, 0.3) is 0 Å². The van der Waals surface area contributed by atoms with E-state index in [4.69, 9.17) is 23.7 Å². The van der Waals surface area contributed by atoms with Crippen LogP contribution in [0.4, 0.5) is 0 Å². The van der Waals surface area contributed by atoms with Crippen molar-refractivity contribution in [2.75, 3.05) is 0 Å². The molecule has 0 aromatic rings. The maximum Gasteiger partial charge on any atom is 0.372 e. The molecule has 0 bridgehead atoms. The van der Waals surface area contributed by atoms with Crippen LogP contribution in [0, 0.1) is 0 Å². The monoisotopic (exact) mass is 434 g/mol. The Balaban J connectivity index is 3.87. The molecule has 0 N–H and O–H groups in total. The second-order valence-electron chi connectivity index (χ2n) is 5.94. The second kappa shape index (κ2) is 10.7. The predicted octanol–water partition coefficient (Wildman–Crippen LogP) is 1.58. The molecule has 0 aromatic carbocycles. The summed E-state index contributed by atoms with van der Waals surface area (Å²) >= 11 is 0. The predicted molar refractivity (Wildman–Crippen MR) is 105 cm³/mol. The lowest BCUT2D eigenvalue weighted by molar-refractivity contribution is -0.395. The van der Waals surface area contributed by atoms with Crippen LogP contribution in [-0.2, 0) is 47.7 Å². The van der Waals surface area contributed by atoms with Crippen molar-refractivity contribution in [1.29, 1.82) is 0 Å². The highest BCUT2D eigenvalue weighted by molar-refractivity contribution is 5.86. The van der Waals surface area contributed by atoms with Gasteiger partial charge in [0.2, 0.25) is 0 Å². The number of rotatable bonds is 10. The van der Waals surface area contributed by atoms with Gasteiger partial charge in [-0.05, 0) is 12.8 Å². The molecule has 1 rings (SSSR count).